The molecule has 3 aromatic carbocycles. The number of para-hydroxylation sites is 1. The predicted molar refractivity (Wildman–Crippen MR) is 145 cm³/mol. The smallest absolute Gasteiger partial charge is 0.338 e. The van der Waals surface area contributed by atoms with Crippen molar-refractivity contribution in [2.45, 2.75) is 38.2 Å². The van der Waals surface area contributed by atoms with Gasteiger partial charge < -0.3 is 15.2 Å². The fourth-order valence-electron chi connectivity index (χ4n) is 4.83. The molecule has 8 nitrogen and oxygen atoms in total. The molecule has 1 aliphatic carbocycles. The zero-order valence-electron chi connectivity index (χ0n) is 20.8. The van der Waals surface area contributed by atoms with Gasteiger partial charge in [-0.2, -0.15) is 5.10 Å². The zero-order chi connectivity index (χ0) is 25.9. The van der Waals surface area contributed by atoms with Crippen molar-refractivity contribution >= 4 is 22.8 Å². The van der Waals surface area contributed by atoms with Crippen LogP contribution in [0.1, 0.15) is 42.5 Å². The predicted octanol–water partition coefficient (Wildman–Crippen LogP) is 6.35. The van der Waals surface area contributed by atoms with E-state index in [1.165, 1.54) is 12.7 Å². The normalized spacial score (nSPS) is 13.9. The summed E-state index contributed by atoms with van der Waals surface area (Å²) in [5.41, 5.74) is 9.48. The number of carbonyl (C=O) groups excluding carboxylic acids is 1. The maximum atomic E-state index is 12.9. The van der Waals surface area contributed by atoms with Gasteiger partial charge in [-0.05, 0) is 80.3 Å². The highest BCUT2D eigenvalue weighted by molar-refractivity contribution is 5.99. The van der Waals surface area contributed by atoms with Crippen molar-refractivity contribution in [2.75, 3.05) is 5.73 Å². The molecular formula is C30H27N5O3. The molecule has 1 fully saturated rings. The van der Waals surface area contributed by atoms with E-state index < -0.39 is 0 Å². The summed E-state index contributed by atoms with van der Waals surface area (Å²) in [7, 11) is 0. The van der Waals surface area contributed by atoms with Crippen LogP contribution < -0.4 is 10.5 Å². The van der Waals surface area contributed by atoms with E-state index in [9.17, 15) is 4.79 Å². The lowest BCUT2D eigenvalue weighted by Crippen LogP contribution is -2.21. The summed E-state index contributed by atoms with van der Waals surface area (Å²) in [6, 6.07) is 24.5. The van der Waals surface area contributed by atoms with Gasteiger partial charge in [-0.3, -0.25) is 0 Å². The molecule has 0 bridgehead atoms. The lowest BCUT2D eigenvalue weighted by molar-refractivity contribution is 0.0211. The third-order valence-electron chi connectivity index (χ3n) is 6.75. The van der Waals surface area contributed by atoms with E-state index in [-0.39, 0.29) is 12.1 Å². The number of carbonyl (C=O) groups is 1. The molecule has 0 atom stereocenters. The van der Waals surface area contributed by atoms with Gasteiger partial charge in [-0.25, -0.2) is 19.4 Å². The summed E-state index contributed by atoms with van der Waals surface area (Å²) in [5.74, 6) is 1.47. The first-order valence-corrected chi connectivity index (χ1v) is 12.8. The number of rotatable bonds is 6. The summed E-state index contributed by atoms with van der Waals surface area (Å²) in [6.07, 6.45) is 6.64. The van der Waals surface area contributed by atoms with E-state index in [2.05, 4.69) is 9.97 Å². The molecule has 1 saturated carbocycles. The maximum Gasteiger partial charge on any atom is 0.338 e. The number of nitrogens with zero attached hydrogens (tertiary/aromatic N) is 4. The molecule has 0 radical (unpaired) electrons. The van der Waals surface area contributed by atoms with Crippen LogP contribution in [-0.2, 0) is 4.74 Å². The Hall–Kier alpha value is -4.72. The molecule has 8 heteroatoms. The van der Waals surface area contributed by atoms with Gasteiger partial charge in [0.25, 0.3) is 0 Å². The fourth-order valence-corrected chi connectivity index (χ4v) is 4.83. The Morgan fingerprint density at radius 3 is 2.42 bits per heavy atom. The molecule has 2 aromatic heterocycles. The number of anilines is 1. The lowest BCUT2D eigenvalue weighted by Gasteiger charge is -2.21. The fraction of sp³-hybridized carbons (Fsp3) is 0.200. The van der Waals surface area contributed by atoms with Crippen molar-refractivity contribution in [3.8, 4) is 28.4 Å². The number of nitrogens with two attached hydrogens (primary N) is 1. The van der Waals surface area contributed by atoms with Crippen LogP contribution >= 0.6 is 0 Å². The van der Waals surface area contributed by atoms with Gasteiger partial charge in [0.15, 0.2) is 5.65 Å². The monoisotopic (exact) mass is 505 g/mol. The average molecular weight is 506 g/mol. The molecule has 0 unspecified atom stereocenters. The number of hydrogen-bond acceptors (Lipinski definition) is 7. The number of aromatic nitrogens is 4. The Morgan fingerprint density at radius 1 is 0.868 bits per heavy atom. The summed E-state index contributed by atoms with van der Waals surface area (Å²) in [4.78, 5) is 21.6. The van der Waals surface area contributed by atoms with E-state index in [0.717, 1.165) is 37.0 Å². The Kier molecular flexibility index (Phi) is 6.44. The quantitative estimate of drug-likeness (QED) is 0.268. The highest BCUT2D eigenvalue weighted by Gasteiger charge is 2.21. The first kappa shape index (κ1) is 23.7. The van der Waals surface area contributed by atoms with Crippen molar-refractivity contribution < 1.29 is 14.3 Å². The van der Waals surface area contributed by atoms with Gasteiger partial charge in [-0.15, -0.1) is 0 Å². The van der Waals surface area contributed by atoms with E-state index in [1.54, 1.807) is 16.8 Å². The van der Waals surface area contributed by atoms with Crippen LogP contribution in [-0.4, -0.2) is 31.8 Å². The lowest BCUT2D eigenvalue weighted by atomic mass is 9.98. The summed E-state index contributed by atoms with van der Waals surface area (Å²) in [6.45, 7) is 0. The SMILES string of the molecule is Nc1ncnc2c1c(-c1ccc(Oc3ccccc3)cc1)nn2-c1cccc(C(=O)OC2CCCCC2)c1. The molecule has 0 saturated heterocycles. The first-order valence-electron chi connectivity index (χ1n) is 12.8. The van der Waals surface area contributed by atoms with Crippen LogP contribution in [0.3, 0.4) is 0 Å². The minimum Gasteiger partial charge on any atom is -0.459 e. The second-order valence-corrected chi connectivity index (χ2v) is 9.37. The van der Waals surface area contributed by atoms with Gasteiger partial charge >= 0.3 is 5.97 Å². The van der Waals surface area contributed by atoms with Crippen molar-refractivity contribution in [1.82, 2.24) is 19.7 Å². The molecule has 2 N–H and O–H groups in total. The number of fused-ring (bicyclic) bond motifs is 1. The van der Waals surface area contributed by atoms with Crippen molar-refractivity contribution in [1.29, 1.82) is 0 Å². The molecule has 1 aliphatic rings. The topological polar surface area (TPSA) is 105 Å². The average Bonchev–Trinajstić information content (AvgIpc) is 3.36. The van der Waals surface area contributed by atoms with Gasteiger partial charge in [-0.1, -0.05) is 30.7 Å². The van der Waals surface area contributed by atoms with Crippen molar-refractivity contribution in [2.24, 2.45) is 0 Å². The third kappa shape index (κ3) is 4.80. The summed E-state index contributed by atoms with van der Waals surface area (Å²) in [5, 5.41) is 5.50. The number of esters is 1. The van der Waals surface area contributed by atoms with Gasteiger partial charge in [0.05, 0.1) is 16.6 Å². The minimum atomic E-state index is -0.321. The van der Waals surface area contributed by atoms with Crippen molar-refractivity contribution in [3.05, 3.63) is 90.8 Å². The zero-order valence-corrected chi connectivity index (χ0v) is 20.8. The second kappa shape index (κ2) is 10.3. The van der Waals surface area contributed by atoms with E-state index in [4.69, 9.17) is 20.3 Å². The Labute approximate surface area is 220 Å². The van der Waals surface area contributed by atoms with E-state index in [0.29, 0.717) is 39.5 Å². The molecule has 190 valence electrons. The van der Waals surface area contributed by atoms with Crippen LogP contribution in [0.25, 0.3) is 28.0 Å². The van der Waals surface area contributed by atoms with Crippen LogP contribution in [0.4, 0.5) is 5.82 Å². The molecule has 38 heavy (non-hydrogen) atoms. The van der Waals surface area contributed by atoms with Crippen LogP contribution in [0.2, 0.25) is 0 Å². The molecule has 5 aromatic rings. The molecule has 0 spiro atoms. The van der Waals surface area contributed by atoms with Crippen molar-refractivity contribution in [3.63, 3.8) is 0 Å². The second-order valence-electron chi connectivity index (χ2n) is 9.37. The first-order chi connectivity index (χ1) is 18.7. The molecular weight excluding hydrogens is 478 g/mol. The highest BCUT2D eigenvalue weighted by Crippen LogP contribution is 2.33. The Bertz CT molecular complexity index is 1580. The molecule has 2 heterocycles. The Morgan fingerprint density at radius 2 is 1.63 bits per heavy atom. The largest absolute Gasteiger partial charge is 0.459 e. The molecule has 6 rings (SSSR count). The van der Waals surface area contributed by atoms with Crippen LogP contribution in [0.15, 0.2) is 85.2 Å². The Balaban J connectivity index is 1.33. The van der Waals surface area contributed by atoms with Gasteiger partial charge in [0.2, 0.25) is 0 Å². The third-order valence-corrected chi connectivity index (χ3v) is 6.75. The van der Waals surface area contributed by atoms with E-state index >= 15 is 0 Å². The molecule has 0 amide bonds. The van der Waals surface area contributed by atoms with E-state index in [1.807, 2.05) is 66.7 Å². The summed E-state index contributed by atoms with van der Waals surface area (Å²) < 4.78 is 13.4. The maximum absolute atomic E-state index is 12.9. The highest BCUT2D eigenvalue weighted by atomic mass is 16.5. The number of nitrogen functional groups attached to an aromatic ring is 1. The molecule has 0 aliphatic heterocycles. The number of ether oxygens (including phenoxy) is 2. The minimum absolute atomic E-state index is 0.0153. The number of hydrogen-bond donors (Lipinski definition) is 1. The van der Waals surface area contributed by atoms with Gasteiger partial charge in [0, 0.05) is 5.56 Å². The van der Waals surface area contributed by atoms with Crippen LogP contribution in [0.5, 0.6) is 11.5 Å². The van der Waals surface area contributed by atoms with Crippen LogP contribution in [0, 0.1) is 0 Å². The summed E-state index contributed by atoms with van der Waals surface area (Å²) >= 11 is 0. The van der Waals surface area contributed by atoms with Gasteiger partial charge in [0.1, 0.15) is 35.4 Å². The standard InChI is InChI=1S/C30H27N5O3/c31-28-26-27(20-14-16-25(17-15-20)37-23-10-3-1-4-11-23)34-35(29(26)33-19-32-28)22-9-7-8-21(18-22)30(36)38-24-12-5-2-6-13-24/h1,3-4,7-11,14-19,24H,2,5-6,12-13H2,(H2,31,32,33). The number of benzene rings is 3.